The van der Waals surface area contributed by atoms with Crippen LogP contribution in [0.4, 0.5) is 0 Å². The second-order valence-electron chi connectivity index (χ2n) is 9.30. The van der Waals surface area contributed by atoms with E-state index in [-0.39, 0.29) is 42.8 Å². The third kappa shape index (κ3) is 7.39. The van der Waals surface area contributed by atoms with Gasteiger partial charge in [0, 0.05) is 24.5 Å². The highest BCUT2D eigenvalue weighted by Gasteiger charge is 2.20. The van der Waals surface area contributed by atoms with Gasteiger partial charge in [-0.25, -0.2) is 4.79 Å². The summed E-state index contributed by atoms with van der Waals surface area (Å²) in [5, 5.41) is 10.6. The van der Waals surface area contributed by atoms with Crippen molar-refractivity contribution < 1.29 is 43.2 Å². The zero-order valence-corrected chi connectivity index (χ0v) is 22.5. The van der Waals surface area contributed by atoms with Gasteiger partial charge in [0.15, 0.2) is 12.1 Å². The van der Waals surface area contributed by atoms with E-state index >= 15 is 0 Å². The average Bonchev–Trinajstić information content (AvgIpc) is 2.99. The number of esters is 2. The lowest BCUT2D eigenvalue weighted by Crippen LogP contribution is -2.24. The Morgan fingerprint density at radius 3 is 2.38 bits per heavy atom. The number of phenolic OH excluding ortho intramolecular Hbond substituents is 1. The molecule has 1 saturated heterocycles. The van der Waals surface area contributed by atoms with Crippen LogP contribution in [0.5, 0.6) is 17.2 Å². The first-order chi connectivity index (χ1) is 19.4. The normalized spacial score (nSPS) is 14.7. The van der Waals surface area contributed by atoms with Crippen LogP contribution in [0.3, 0.4) is 0 Å². The molecule has 1 aliphatic rings. The minimum absolute atomic E-state index is 0.0961. The minimum atomic E-state index is -0.427. The molecule has 0 aliphatic carbocycles. The number of carbonyl (C=O) groups is 3. The van der Waals surface area contributed by atoms with Crippen molar-refractivity contribution in [2.45, 2.75) is 45.0 Å². The van der Waals surface area contributed by atoms with E-state index in [2.05, 4.69) is 0 Å². The van der Waals surface area contributed by atoms with Crippen molar-refractivity contribution in [3.05, 3.63) is 88.5 Å². The van der Waals surface area contributed by atoms with Gasteiger partial charge in [-0.1, -0.05) is 12.1 Å². The second kappa shape index (κ2) is 13.6. The molecule has 1 heterocycles. The summed E-state index contributed by atoms with van der Waals surface area (Å²) in [5.74, 6) is -0.492. The van der Waals surface area contributed by atoms with Crippen LogP contribution in [0.1, 0.15) is 63.1 Å². The molecule has 1 N–H and O–H groups in total. The summed E-state index contributed by atoms with van der Waals surface area (Å²) in [7, 11) is 2.64. The molecule has 3 aromatic carbocycles. The fourth-order valence-electron chi connectivity index (χ4n) is 4.30. The van der Waals surface area contributed by atoms with Crippen molar-refractivity contribution in [3.63, 3.8) is 0 Å². The van der Waals surface area contributed by atoms with Gasteiger partial charge in [0.2, 0.25) is 0 Å². The number of hydrogen-bond acceptors (Lipinski definition) is 9. The van der Waals surface area contributed by atoms with Crippen LogP contribution in [-0.4, -0.2) is 49.9 Å². The molecule has 0 bridgehead atoms. The van der Waals surface area contributed by atoms with E-state index in [4.69, 9.17) is 23.7 Å². The summed E-state index contributed by atoms with van der Waals surface area (Å²) in [6.45, 7) is 0.833. The van der Waals surface area contributed by atoms with Gasteiger partial charge < -0.3 is 28.8 Å². The van der Waals surface area contributed by atoms with Gasteiger partial charge in [-0.3, -0.25) is 9.59 Å². The summed E-state index contributed by atoms with van der Waals surface area (Å²) in [4.78, 5) is 36.8. The van der Waals surface area contributed by atoms with Crippen LogP contribution in [0.25, 0.3) is 0 Å². The molecule has 9 nitrogen and oxygen atoms in total. The van der Waals surface area contributed by atoms with E-state index in [1.165, 1.54) is 26.4 Å². The van der Waals surface area contributed by atoms with E-state index in [1.54, 1.807) is 48.5 Å². The van der Waals surface area contributed by atoms with Gasteiger partial charge in [0.25, 0.3) is 0 Å². The molecule has 0 radical (unpaired) electrons. The molecule has 1 unspecified atom stereocenters. The number of hydrogen-bond donors (Lipinski definition) is 1. The molecule has 0 amide bonds. The quantitative estimate of drug-likeness (QED) is 0.261. The van der Waals surface area contributed by atoms with E-state index in [1.807, 2.05) is 0 Å². The van der Waals surface area contributed by atoms with Crippen LogP contribution >= 0.6 is 0 Å². The standard InChI is InChI=1S/C31H32O9/c1-36-28(33)15-11-22-17-23(10-14-27(22)39-19-20-6-8-21(9-7-20)31(35)37-2)30(34)25-13-12-24(18-26(25)32)40-29-5-3-4-16-38-29/h6-10,12-14,17-18,29,32H,3-5,11,15-16,19H2,1-2H3. The zero-order valence-electron chi connectivity index (χ0n) is 22.5. The topological polar surface area (TPSA) is 118 Å². The minimum Gasteiger partial charge on any atom is -0.507 e. The van der Waals surface area contributed by atoms with Gasteiger partial charge >= 0.3 is 11.9 Å². The number of rotatable bonds is 11. The molecule has 210 valence electrons. The van der Waals surface area contributed by atoms with Crippen LogP contribution < -0.4 is 9.47 Å². The predicted molar refractivity (Wildman–Crippen MR) is 145 cm³/mol. The summed E-state index contributed by atoms with van der Waals surface area (Å²) < 4.78 is 26.9. The Balaban J connectivity index is 1.50. The Kier molecular flexibility index (Phi) is 9.75. The van der Waals surface area contributed by atoms with E-state index < -0.39 is 11.9 Å². The SMILES string of the molecule is COC(=O)CCc1cc(C(=O)c2ccc(OC3CCCCO3)cc2O)ccc1OCc1ccc(C(=O)OC)cc1. The highest BCUT2D eigenvalue weighted by Crippen LogP contribution is 2.30. The first-order valence-electron chi connectivity index (χ1n) is 13.0. The molecule has 0 saturated carbocycles. The number of ether oxygens (including phenoxy) is 5. The lowest BCUT2D eigenvalue weighted by molar-refractivity contribution is -0.140. The van der Waals surface area contributed by atoms with Crippen LogP contribution in [0, 0.1) is 0 Å². The Morgan fingerprint density at radius 1 is 0.925 bits per heavy atom. The molecule has 0 aromatic heterocycles. The molecule has 3 aromatic rings. The summed E-state index contributed by atoms with van der Waals surface area (Å²) in [6, 6.07) is 16.3. The second-order valence-corrected chi connectivity index (χ2v) is 9.30. The summed E-state index contributed by atoms with van der Waals surface area (Å²) >= 11 is 0. The van der Waals surface area contributed by atoms with Crippen LogP contribution in [-0.2, 0) is 32.0 Å². The maximum Gasteiger partial charge on any atom is 0.337 e. The van der Waals surface area contributed by atoms with E-state index in [9.17, 15) is 19.5 Å². The lowest BCUT2D eigenvalue weighted by atomic mass is 9.98. The van der Waals surface area contributed by atoms with E-state index in [0.29, 0.717) is 34.8 Å². The fraction of sp³-hybridized carbons (Fsp3) is 0.323. The Bertz CT molecular complexity index is 1340. The van der Waals surface area contributed by atoms with Gasteiger partial charge in [-0.05, 0) is 72.9 Å². The van der Waals surface area contributed by atoms with Crippen molar-refractivity contribution in [3.8, 4) is 17.2 Å². The maximum atomic E-state index is 13.3. The third-order valence-electron chi connectivity index (χ3n) is 6.54. The van der Waals surface area contributed by atoms with Crippen molar-refractivity contribution >= 4 is 17.7 Å². The number of ketones is 1. The number of carbonyl (C=O) groups excluding carboxylic acids is 3. The summed E-state index contributed by atoms with van der Waals surface area (Å²) in [6.07, 6.45) is 2.78. The van der Waals surface area contributed by atoms with E-state index in [0.717, 1.165) is 24.8 Å². The van der Waals surface area contributed by atoms with Crippen LogP contribution in [0.15, 0.2) is 60.7 Å². The third-order valence-corrected chi connectivity index (χ3v) is 6.54. The molecule has 40 heavy (non-hydrogen) atoms. The highest BCUT2D eigenvalue weighted by molar-refractivity contribution is 6.11. The number of aryl methyl sites for hydroxylation is 1. The first kappa shape index (κ1) is 28.6. The Labute approximate surface area is 232 Å². The van der Waals surface area contributed by atoms with Gasteiger partial charge in [0.1, 0.15) is 23.9 Å². The predicted octanol–water partition coefficient (Wildman–Crippen LogP) is 5.00. The van der Waals surface area contributed by atoms with Gasteiger partial charge in [-0.2, -0.15) is 0 Å². The fourth-order valence-corrected chi connectivity index (χ4v) is 4.30. The smallest absolute Gasteiger partial charge is 0.337 e. The largest absolute Gasteiger partial charge is 0.507 e. The first-order valence-corrected chi connectivity index (χ1v) is 13.0. The molecule has 1 fully saturated rings. The number of methoxy groups -OCH3 is 2. The molecule has 1 aliphatic heterocycles. The van der Waals surface area contributed by atoms with Crippen molar-refractivity contribution in [2.24, 2.45) is 0 Å². The molecule has 0 spiro atoms. The highest BCUT2D eigenvalue weighted by atomic mass is 16.7. The monoisotopic (exact) mass is 548 g/mol. The average molecular weight is 549 g/mol. The molecule has 4 rings (SSSR count). The van der Waals surface area contributed by atoms with Crippen LogP contribution in [0.2, 0.25) is 0 Å². The maximum absolute atomic E-state index is 13.3. The zero-order chi connectivity index (χ0) is 28.5. The summed E-state index contributed by atoms with van der Waals surface area (Å²) in [5.41, 5.74) is 2.33. The molecular weight excluding hydrogens is 516 g/mol. The van der Waals surface area contributed by atoms with Gasteiger partial charge in [0.05, 0.1) is 32.0 Å². The Morgan fingerprint density at radius 2 is 1.70 bits per heavy atom. The molecular formula is C31H32O9. The molecule has 9 heteroatoms. The van der Waals surface area contributed by atoms with Crippen molar-refractivity contribution in [1.82, 2.24) is 0 Å². The van der Waals surface area contributed by atoms with Crippen molar-refractivity contribution in [2.75, 3.05) is 20.8 Å². The van der Waals surface area contributed by atoms with Crippen molar-refractivity contribution in [1.29, 1.82) is 0 Å². The number of phenols is 1. The number of aromatic hydroxyl groups is 1. The Hall–Kier alpha value is -4.37. The molecule has 1 atom stereocenters. The lowest BCUT2D eigenvalue weighted by Gasteiger charge is -2.23. The van der Waals surface area contributed by atoms with Gasteiger partial charge in [-0.15, -0.1) is 0 Å². The number of benzene rings is 3.